The van der Waals surface area contributed by atoms with E-state index < -0.39 is 97.6 Å². The lowest BCUT2D eigenvalue weighted by Gasteiger charge is -2.45. The first kappa shape index (κ1) is 43.2. The molecular formula is C46H42O14S. The van der Waals surface area contributed by atoms with E-state index in [2.05, 4.69) is 0 Å². The maximum atomic E-state index is 13.9. The number of carbonyl (C=O) groups is 4. The van der Waals surface area contributed by atoms with Crippen LogP contribution in [0.5, 0.6) is 0 Å². The van der Waals surface area contributed by atoms with E-state index in [4.69, 9.17) is 33.2 Å². The van der Waals surface area contributed by atoms with Crippen LogP contribution in [-0.2, 0) is 33.2 Å². The van der Waals surface area contributed by atoms with Crippen molar-refractivity contribution < 1.29 is 67.7 Å². The summed E-state index contributed by atoms with van der Waals surface area (Å²) in [5.41, 5.74) is -0.514. The largest absolute Gasteiger partial charge is 0.459 e. The van der Waals surface area contributed by atoms with E-state index in [1.165, 1.54) is 48.5 Å². The fourth-order valence-electron chi connectivity index (χ4n) is 6.64. The molecule has 2 aliphatic heterocycles. The quantitative estimate of drug-likeness (QED) is 0.101. The molecule has 0 aliphatic carbocycles. The first-order valence-electron chi connectivity index (χ1n) is 19.3. The molecule has 0 saturated carbocycles. The summed E-state index contributed by atoms with van der Waals surface area (Å²) < 4.78 is 42.6. The monoisotopic (exact) mass is 850 g/mol. The molecule has 0 unspecified atom stereocenters. The van der Waals surface area contributed by atoms with Crippen LogP contribution in [0.2, 0.25) is 0 Å². The van der Waals surface area contributed by atoms with Gasteiger partial charge in [-0.3, -0.25) is 0 Å². The summed E-state index contributed by atoms with van der Waals surface area (Å²) in [4.78, 5) is 55.5. The van der Waals surface area contributed by atoms with Crippen LogP contribution < -0.4 is 0 Å². The Kier molecular flexibility index (Phi) is 14.6. The van der Waals surface area contributed by atoms with E-state index in [0.29, 0.717) is 4.90 Å². The Balaban J connectivity index is 1.25. The average molecular weight is 851 g/mol. The zero-order valence-electron chi connectivity index (χ0n) is 32.4. The van der Waals surface area contributed by atoms with Gasteiger partial charge < -0.3 is 48.5 Å². The second-order valence-electron chi connectivity index (χ2n) is 14.0. The zero-order chi connectivity index (χ0) is 42.7. The van der Waals surface area contributed by atoms with Gasteiger partial charge in [-0.2, -0.15) is 0 Å². The Labute approximate surface area is 354 Å². The molecule has 3 N–H and O–H groups in total. The standard InChI is InChI=1S/C46H42O14S/c47-35-33(57-46(37(49)36(35)48)61-32-24-14-5-15-25-32)26-55-45-40(60-44(53)31-22-12-4-13-23-31)39(59-43(52)30-20-10-3-11-21-30)38(58-42(51)29-18-8-2-9-19-29)34(56-45)27-54-41(50)28-16-6-1-7-17-28/h1-25,33-40,45-49H,26-27H2/t33-,34-,35-,36+,37-,38+,39+,40-,45-,46+/m1/s1. The van der Waals surface area contributed by atoms with Crippen molar-refractivity contribution in [1.29, 1.82) is 0 Å². The lowest BCUT2D eigenvalue weighted by molar-refractivity contribution is -0.309. The number of benzene rings is 5. The number of aliphatic hydroxyl groups excluding tert-OH is 3. The van der Waals surface area contributed by atoms with Crippen LogP contribution in [0.25, 0.3) is 0 Å². The third-order valence-corrected chi connectivity index (χ3v) is 11.0. The Morgan fingerprint density at radius 3 is 1.38 bits per heavy atom. The van der Waals surface area contributed by atoms with E-state index in [0.717, 1.165) is 11.8 Å². The first-order chi connectivity index (χ1) is 29.7. The number of carbonyl (C=O) groups excluding carboxylic acids is 4. The van der Waals surface area contributed by atoms with Crippen molar-refractivity contribution in [2.45, 2.75) is 65.5 Å². The maximum Gasteiger partial charge on any atom is 0.338 e. The Morgan fingerprint density at radius 1 is 0.459 bits per heavy atom. The summed E-state index contributed by atoms with van der Waals surface area (Å²) in [5.74, 6) is -3.40. The van der Waals surface area contributed by atoms with Crippen LogP contribution in [0.15, 0.2) is 157 Å². The summed E-state index contributed by atoms with van der Waals surface area (Å²) in [6.07, 6.45) is -14.2. The van der Waals surface area contributed by atoms with Crippen LogP contribution >= 0.6 is 11.8 Å². The molecule has 7 rings (SSSR count). The summed E-state index contributed by atoms with van der Waals surface area (Å²) in [7, 11) is 0. The Morgan fingerprint density at radius 2 is 0.885 bits per heavy atom. The van der Waals surface area contributed by atoms with Crippen molar-refractivity contribution in [2.24, 2.45) is 0 Å². The molecule has 61 heavy (non-hydrogen) atoms. The van der Waals surface area contributed by atoms with E-state index in [9.17, 15) is 34.5 Å². The molecule has 2 fully saturated rings. The minimum absolute atomic E-state index is 0.105. The minimum Gasteiger partial charge on any atom is -0.459 e. The minimum atomic E-state index is -1.69. The molecule has 2 aliphatic rings. The fraction of sp³-hybridized carbons (Fsp3) is 0.261. The van der Waals surface area contributed by atoms with E-state index in [1.54, 1.807) is 97.1 Å². The predicted molar refractivity (Wildman–Crippen MR) is 217 cm³/mol. The third kappa shape index (κ3) is 10.9. The van der Waals surface area contributed by atoms with Gasteiger partial charge in [0.15, 0.2) is 24.6 Å². The van der Waals surface area contributed by atoms with E-state index in [1.807, 2.05) is 6.07 Å². The van der Waals surface area contributed by atoms with Crippen molar-refractivity contribution in [3.8, 4) is 0 Å². The average Bonchev–Trinajstić information content (AvgIpc) is 3.31. The molecule has 5 aromatic rings. The molecule has 0 aromatic heterocycles. The highest BCUT2D eigenvalue weighted by Crippen LogP contribution is 2.35. The van der Waals surface area contributed by atoms with Crippen molar-refractivity contribution in [2.75, 3.05) is 13.2 Å². The van der Waals surface area contributed by atoms with Gasteiger partial charge in [-0.1, -0.05) is 103 Å². The molecule has 316 valence electrons. The van der Waals surface area contributed by atoms with Crippen molar-refractivity contribution >= 4 is 35.6 Å². The summed E-state index contributed by atoms with van der Waals surface area (Å²) >= 11 is 1.11. The number of hydrogen-bond acceptors (Lipinski definition) is 15. The lowest BCUT2D eigenvalue weighted by Crippen LogP contribution is -2.64. The van der Waals surface area contributed by atoms with Gasteiger partial charge >= 0.3 is 23.9 Å². The van der Waals surface area contributed by atoms with Crippen molar-refractivity contribution in [1.82, 2.24) is 0 Å². The van der Waals surface area contributed by atoms with Gasteiger partial charge in [-0.25, -0.2) is 19.2 Å². The van der Waals surface area contributed by atoms with Crippen LogP contribution in [0.3, 0.4) is 0 Å². The fourth-order valence-corrected chi connectivity index (χ4v) is 7.72. The predicted octanol–water partition coefficient (Wildman–Crippen LogP) is 4.86. The van der Waals surface area contributed by atoms with Crippen LogP contribution in [0, 0.1) is 0 Å². The van der Waals surface area contributed by atoms with Gasteiger partial charge in [-0.05, 0) is 60.7 Å². The highest BCUT2D eigenvalue weighted by atomic mass is 32.2. The second-order valence-corrected chi connectivity index (χ2v) is 15.2. The maximum absolute atomic E-state index is 13.9. The zero-order valence-corrected chi connectivity index (χ0v) is 33.2. The van der Waals surface area contributed by atoms with Gasteiger partial charge in [0.2, 0.25) is 0 Å². The summed E-state index contributed by atoms with van der Waals surface area (Å²) in [5, 5.41) is 32.9. The number of ether oxygens (including phenoxy) is 7. The van der Waals surface area contributed by atoms with Crippen LogP contribution in [0.1, 0.15) is 41.4 Å². The number of aliphatic hydroxyl groups is 3. The van der Waals surface area contributed by atoms with Gasteiger partial charge in [0.25, 0.3) is 0 Å². The topological polar surface area (TPSA) is 194 Å². The molecule has 5 aromatic carbocycles. The molecule has 0 spiro atoms. The van der Waals surface area contributed by atoms with Crippen LogP contribution in [-0.4, -0.2) is 113 Å². The van der Waals surface area contributed by atoms with Gasteiger partial charge in [0.1, 0.15) is 42.6 Å². The van der Waals surface area contributed by atoms with Gasteiger partial charge in [0, 0.05) is 4.90 Å². The molecular weight excluding hydrogens is 809 g/mol. The molecule has 14 nitrogen and oxygen atoms in total. The highest BCUT2D eigenvalue weighted by Gasteiger charge is 2.54. The number of hydrogen-bond donors (Lipinski definition) is 3. The third-order valence-electron chi connectivity index (χ3n) is 9.83. The molecule has 0 amide bonds. The van der Waals surface area contributed by atoms with Crippen molar-refractivity contribution in [3.63, 3.8) is 0 Å². The van der Waals surface area contributed by atoms with Crippen molar-refractivity contribution in [3.05, 3.63) is 174 Å². The number of thioether (sulfide) groups is 1. The molecule has 15 heteroatoms. The molecule has 2 saturated heterocycles. The first-order valence-corrected chi connectivity index (χ1v) is 20.2. The summed E-state index contributed by atoms with van der Waals surface area (Å²) in [6.45, 7) is -1.12. The Bertz CT molecular complexity index is 2200. The molecule has 0 bridgehead atoms. The molecule has 10 atom stereocenters. The van der Waals surface area contributed by atoms with E-state index in [-0.39, 0.29) is 22.3 Å². The molecule has 0 radical (unpaired) electrons. The number of esters is 4. The molecule has 2 heterocycles. The van der Waals surface area contributed by atoms with Crippen LogP contribution in [0.4, 0.5) is 0 Å². The normalized spacial score (nSPS) is 26.0. The van der Waals surface area contributed by atoms with E-state index >= 15 is 0 Å². The number of rotatable bonds is 14. The SMILES string of the molecule is O=C(OC[C@H]1O[C@@H](OC[C@H]2O[C@@H](Sc3ccccc3)[C@H](O)[C@@H](O)[C@@H]2O)[C@H](OC(=O)c2ccccc2)[C@@H](OC(=O)c2ccccc2)[C@H]1OC(=O)c1ccccc1)c1ccccc1. The smallest absolute Gasteiger partial charge is 0.338 e. The highest BCUT2D eigenvalue weighted by molar-refractivity contribution is 7.99. The Hall–Kier alpha value is -5.91. The van der Waals surface area contributed by atoms with Gasteiger partial charge in [-0.15, -0.1) is 0 Å². The lowest BCUT2D eigenvalue weighted by atomic mass is 9.97. The second kappa shape index (κ2) is 20.6. The van der Waals surface area contributed by atoms with Gasteiger partial charge in [0.05, 0.1) is 28.9 Å². The summed E-state index contributed by atoms with van der Waals surface area (Å²) in [6, 6.07) is 40.8.